The summed E-state index contributed by atoms with van der Waals surface area (Å²) < 4.78 is 48.1. The minimum Gasteiger partial charge on any atom is -0.206 e. The molecule has 5 heteroatoms. The first kappa shape index (κ1) is 9.32. The Hall–Kier alpha value is -0.770. The Kier molecular flexibility index (Phi) is 2.28. The molecule has 0 saturated carbocycles. The summed E-state index contributed by atoms with van der Waals surface area (Å²) in [5.41, 5.74) is -1.08. The zero-order valence-electron chi connectivity index (χ0n) is 5.54. The molecule has 0 aliphatic heterocycles. The summed E-state index contributed by atoms with van der Waals surface area (Å²) >= 11 is 5.10. The maximum absolute atomic E-state index is 12.2. The van der Waals surface area contributed by atoms with Crippen molar-refractivity contribution in [3.63, 3.8) is 0 Å². The quantitative estimate of drug-likeness (QED) is 0.560. The van der Waals surface area contributed by atoms with E-state index in [0.717, 1.165) is 0 Å². The van der Waals surface area contributed by atoms with Crippen LogP contribution in [0.15, 0.2) is 12.1 Å². The van der Waals surface area contributed by atoms with Gasteiger partial charge in [0, 0.05) is 6.07 Å². The van der Waals surface area contributed by atoms with Gasteiger partial charge in [0.2, 0.25) is 0 Å². The minimum absolute atomic E-state index is 0.578. The molecule has 0 amide bonds. The highest BCUT2D eigenvalue weighted by atomic mass is 35.5. The number of hydrogen-bond acceptors (Lipinski definition) is 0. The smallest absolute Gasteiger partial charge is 0.206 e. The molecule has 0 unspecified atom stereocenters. The van der Waals surface area contributed by atoms with Crippen molar-refractivity contribution in [2.45, 2.75) is 6.18 Å². The fourth-order valence-electron chi connectivity index (χ4n) is 0.662. The lowest BCUT2D eigenvalue weighted by Gasteiger charge is -2.07. The third-order valence-corrected chi connectivity index (χ3v) is 1.47. The maximum atomic E-state index is 12.2. The standard InChI is InChI=1S/C7H2ClF4/c8-6-3-4(9)1-2-5(6)7(10,11)12/h1-2H. The molecular weight excluding hydrogens is 196 g/mol. The van der Waals surface area contributed by atoms with Crippen molar-refractivity contribution in [1.29, 1.82) is 0 Å². The molecule has 0 heterocycles. The molecule has 0 spiro atoms. The van der Waals surface area contributed by atoms with Crippen molar-refractivity contribution in [2.24, 2.45) is 0 Å². The molecule has 0 bridgehead atoms. The molecule has 0 aromatic heterocycles. The lowest BCUT2D eigenvalue weighted by atomic mass is 10.2. The van der Waals surface area contributed by atoms with E-state index >= 15 is 0 Å². The van der Waals surface area contributed by atoms with Gasteiger partial charge >= 0.3 is 6.18 Å². The second kappa shape index (κ2) is 2.94. The number of halogens is 5. The molecular formula is C7H2ClF4. The van der Waals surface area contributed by atoms with Crippen LogP contribution in [0.1, 0.15) is 5.56 Å². The van der Waals surface area contributed by atoms with Crippen LogP contribution in [0, 0.1) is 11.9 Å². The van der Waals surface area contributed by atoms with E-state index in [-0.39, 0.29) is 0 Å². The van der Waals surface area contributed by atoms with Crippen molar-refractivity contribution >= 4 is 11.6 Å². The van der Waals surface area contributed by atoms with E-state index in [1.54, 1.807) is 6.07 Å². The summed E-state index contributed by atoms with van der Waals surface area (Å²) in [5, 5.41) is -0.748. The lowest BCUT2D eigenvalue weighted by Crippen LogP contribution is -2.05. The fraction of sp³-hybridized carbons (Fsp3) is 0.143. The van der Waals surface area contributed by atoms with Gasteiger partial charge in [-0.3, -0.25) is 0 Å². The molecule has 1 radical (unpaired) electrons. The van der Waals surface area contributed by atoms with Gasteiger partial charge in [0.15, 0.2) is 0 Å². The second-order valence-corrected chi connectivity index (χ2v) is 2.41. The van der Waals surface area contributed by atoms with Crippen molar-refractivity contribution in [2.75, 3.05) is 0 Å². The molecule has 12 heavy (non-hydrogen) atoms. The van der Waals surface area contributed by atoms with E-state index in [2.05, 4.69) is 0 Å². The molecule has 1 aromatic rings. The summed E-state index contributed by atoms with van der Waals surface area (Å²) in [6.45, 7) is 0. The zero-order chi connectivity index (χ0) is 9.35. The fourth-order valence-corrected chi connectivity index (χ4v) is 0.923. The van der Waals surface area contributed by atoms with Gasteiger partial charge in [0.1, 0.15) is 5.82 Å². The van der Waals surface area contributed by atoms with Gasteiger partial charge in [-0.05, 0) is 12.1 Å². The van der Waals surface area contributed by atoms with Crippen molar-refractivity contribution in [3.8, 4) is 0 Å². The van der Waals surface area contributed by atoms with Crippen molar-refractivity contribution in [3.05, 3.63) is 34.6 Å². The molecule has 0 fully saturated rings. The lowest BCUT2D eigenvalue weighted by molar-refractivity contribution is -0.137. The molecule has 0 aliphatic carbocycles. The number of benzene rings is 1. The van der Waals surface area contributed by atoms with E-state index in [0.29, 0.717) is 12.1 Å². The van der Waals surface area contributed by atoms with Crippen LogP contribution in [-0.4, -0.2) is 0 Å². The average molecular weight is 198 g/mol. The SMILES string of the molecule is Fc1[c]c(Cl)c(C(F)(F)F)cc1. The maximum Gasteiger partial charge on any atom is 0.417 e. The second-order valence-electron chi connectivity index (χ2n) is 2.03. The number of rotatable bonds is 0. The molecule has 0 nitrogen and oxygen atoms in total. The predicted molar refractivity (Wildman–Crippen MR) is 35.2 cm³/mol. The van der Waals surface area contributed by atoms with Crippen LogP contribution in [0.3, 0.4) is 0 Å². The summed E-state index contributed by atoms with van der Waals surface area (Å²) in [7, 11) is 0. The Morgan fingerprint density at radius 2 is 1.83 bits per heavy atom. The van der Waals surface area contributed by atoms with Gasteiger partial charge in [-0.25, -0.2) is 4.39 Å². The summed E-state index contributed by atoms with van der Waals surface area (Å²) in [4.78, 5) is 0. The van der Waals surface area contributed by atoms with E-state index < -0.39 is 22.6 Å². The van der Waals surface area contributed by atoms with Crippen LogP contribution >= 0.6 is 11.6 Å². The molecule has 1 rings (SSSR count). The van der Waals surface area contributed by atoms with Crippen LogP contribution in [-0.2, 0) is 6.18 Å². The molecule has 0 atom stereocenters. The summed E-state index contributed by atoms with van der Waals surface area (Å²) in [5.74, 6) is -0.909. The van der Waals surface area contributed by atoms with E-state index in [1.165, 1.54) is 0 Å². The van der Waals surface area contributed by atoms with Crippen molar-refractivity contribution in [1.82, 2.24) is 0 Å². The molecule has 65 valence electrons. The first-order valence-corrected chi connectivity index (χ1v) is 3.23. The highest BCUT2D eigenvalue weighted by Gasteiger charge is 2.33. The van der Waals surface area contributed by atoms with Crippen molar-refractivity contribution < 1.29 is 17.6 Å². The zero-order valence-corrected chi connectivity index (χ0v) is 6.30. The largest absolute Gasteiger partial charge is 0.417 e. The van der Waals surface area contributed by atoms with Crippen LogP contribution in [0.25, 0.3) is 0 Å². The van der Waals surface area contributed by atoms with Gasteiger partial charge < -0.3 is 0 Å². The Morgan fingerprint density at radius 3 is 2.25 bits per heavy atom. The third kappa shape index (κ3) is 1.88. The van der Waals surface area contributed by atoms with E-state index in [9.17, 15) is 17.6 Å². The van der Waals surface area contributed by atoms with Crippen LogP contribution in [0.2, 0.25) is 5.02 Å². The number of alkyl halides is 3. The topological polar surface area (TPSA) is 0 Å². The van der Waals surface area contributed by atoms with Gasteiger partial charge in [0.05, 0.1) is 10.6 Å². The highest BCUT2D eigenvalue weighted by molar-refractivity contribution is 6.31. The Balaban J connectivity index is 3.19. The Bertz CT molecular complexity index is 292. The van der Waals surface area contributed by atoms with Crippen LogP contribution < -0.4 is 0 Å². The summed E-state index contributed by atoms with van der Waals surface area (Å²) in [6, 6.07) is 2.96. The monoisotopic (exact) mass is 197 g/mol. The van der Waals surface area contributed by atoms with Crippen LogP contribution in [0.4, 0.5) is 17.6 Å². The first-order valence-electron chi connectivity index (χ1n) is 2.86. The Labute approximate surface area is 70.8 Å². The van der Waals surface area contributed by atoms with E-state index in [4.69, 9.17) is 11.6 Å². The Morgan fingerprint density at radius 1 is 1.25 bits per heavy atom. The van der Waals surface area contributed by atoms with E-state index in [1.807, 2.05) is 0 Å². The van der Waals surface area contributed by atoms with Gasteiger partial charge in [-0.2, -0.15) is 13.2 Å². The van der Waals surface area contributed by atoms with Gasteiger partial charge in [0.25, 0.3) is 0 Å². The minimum atomic E-state index is -4.55. The molecule has 0 aliphatic rings. The molecule has 0 saturated heterocycles. The molecule has 1 aromatic carbocycles. The third-order valence-electron chi connectivity index (χ3n) is 1.17. The summed E-state index contributed by atoms with van der Waals surface area (Å²) in [6.07, 6.45) is -4.55. The van der Waals surface area contributed by atoms with Gasteiger partial charge in [-0.15, -0.1) is 0 Å². The highest BCUT2D eigenvalue weighted by Crippen LogP contribution is 2.34. The normalized spacial score (nSPS) is 11.8. The first-order chi connectivity index (χ1) is 5.41. The van der Waals surface area contributed by atoms with Crippen LogP contribution in [0.5, 0.6) is 0 Å². The predicted octanol–water partition coefficient (Wildman–Crippen LogP) is 3.30. The number of hydrogen-bond donors (Lipinski definition) is 0. The van der Waals surface area contributed by atoms with Gasteiger partial charge in [-0.1, -0.05) is 11.6 Å². The average Bonchev–Trinajstić information content (AvgIpc) is 1.83. The molecule has 0 N–H and O–H groups in total.